The van der Waals surface area contributed by atoms with Gasteiger partial charge in [0.2, 0.25) is 0 Å². The average molecular weight is 112 g/mol. The molecule has 4 heteroatoms. The van der Waals surface area contributed by atoms with Crippen LogP contribution in [0.2, 0.25) is 0 Å². The predicted octanol–water partition coefficient (Wildman–Crippen LogP) is -0.634. The van der Waals surface area contributed by atoms with Gasteiger partial charge in [-0.1, -0.05) is 0 Å². The zero-order chi connectivity index (χ0) is 6.15. The molecule has 1 aromatic rings. The molecule has 0 saturated carbocycles. The minimum Gasteiger partial charge on any atom is -0.397 e. The maximum absolute atomic E-state index is 5.30. The Morgan fingerprint density at radius 2 is 2.00 bits per heavy atom. The summed E-state index contributed by atoms with van der Waals surface area (Å²) in [5.41, 5.74) is 11.2. The Balaban J connectivity index is 3.14. The second-order valence-corrected chi connectivity index (χ2v) is 1.61. The summed E-state index contributed by atoms with van der Waals surface area (Å²) in [6.45, 7) is 0. The van der Waals surface area contributed by atoms with Gasteiger partial charge in [0, 0.05) is 6.07 Å². The summed E-state index contributed by atoms with van der Waals surface area (Å²) in [6, 6.07) is 1.60. The van der Waals surface area contributed by atoms with Crippen LogP contribution in [0.15, 0.2) is 12.3 Å². The van der Waals surface area contributed by atoms with E-state index >= 15 is 0 Å². The van der Waals surface area contributed by atoms with E-state index < -0.39 is 0 Å². The van der Waals surface area contributed by atoms with E-state index in [1.54, 1.807) is 12.3 Å². The van der Waals surface area contributed by atoms with Crippen molar-refractivity contribution in [3.05, 3.63) is 12.3 Å². The second kappa shape index (κ2) is 1.33. The first-order valence-electron chi connectivity index (χ1n) is 2.18. The lowest BCUT2D eigenvalue weighted by Crippen LogP contribution is -2.09. The molecule has 0 atom stereocenters. The number of hydrogen-bond donors (Lipinski definition) is 3. The molecule has 0 aliphatic rings. The topological polar surface area (TPSA) is 83.0 Å². The Labute approximate surface area is 46.8 Å². The van der Waals surface area contributed by atoms with Gasteiger partial charge >= 0.3 is 0 Å². The molecule has 8 heavy (non-hydrogen) atoms. The lowest BCUT2D eigenvalue weighted by Gasteiger charge is -1.90. The lowest BCUT2D eigenvalue weighted by molar-refractivity contribution is 1.03. The molecule has 44 valence electrons. The number of anilines is 2. The molecular formula is C4H8N4. The number of hydrogen-bond acceptors (Lipinski definition) is 3. The molecule has 6 N–H and O–H groups in total. The molecule has 0 saturated heterocycles. The minimum absolute atomic E-state index is 0.475. The molecule has 0 amide bonds. The van der Waals surface area contributed by atoms with E-state index in [-0.39, 0.29) is 0 Å². The number of rotatable bonds is 0. The standard InChI is InChI=1S/C4H8N4/c5-3-1-4(6)8(7)2-3/h1-2H,5-7H2. The van der Waals surface area contributed by atoms with Gasteiger partial charge in [0.1, 0.15) is 5.82 Å². The van der Waals surface area contributed by atoms with Crippen LogP contribution in [-0.4, -0.2) is 4.68 Å². The van der Waals surface area contributed by atoms with Crippen LogP contribution in [0.4, 0.5) is 11.5 Å². The molecule has 0 fully saturated rings. The van der Waals surface area contributed by atoms with Gasteiger partial charge in [-0.3, -0.25) is 4.68 Å². The zero-order valence-electron chi connectivity index (χ0n) is 4.33. The molecule has 0 aromatic carbocycles. The predicted molar refractivity (Wildman–Crippen MR) is 33.4 cm³/mol. The van der Waals surface area contributed by atoms with Crippen molar-refractivity contribution in [1.82, 2.24) is 4.68 Å². The third-order valence-electron chi connectivity index (χ3n) is 0.901. The summed E-state index contributed by atoms with van der Waals surface area (Å²) in [4.78, 5) is 0. The summed E-state index contributed by atoms with van der Waals surface area (Å²) in [7, 11) is 0. The highest BCUT2D eigenvalue weighted by Gasteiger charge is 1.92. The summed E-state index contributed by atoms with van der Waals surface area (Å²) >= 11 is 0. The second-order valence-electron chi connectivity index (χ2n) is 1.61. The van der Waals surface area contributed by atoms with Crippen molar-refractivity contribution >= 4 is 11.5 Å². The molecule has 0 spiro atoms. The normalized spacial score (nSPS) is 9.50. The Morgan fingerprint density at radius 1 is 1.38 bits per heavy atom. The van der Waals surface area contributed by atoms with E-state index in [2.05, 4.69) is 0 Å². The lowest BCUT2D eigenvalue weighted by atomic mass is 10.5. The van der Waals surface area contributed by atoms with E-state index in [9.17, 15) is 0 Å². The number of nitrogen functional groups attached to an aromatic ring is 3. The maximum atomic E-state index is 5.30. The smallest absolute Gasteiger partial charge is 0.124 e. The van der Waals surface area contributed by atoms with Crippen LogP contribution in [-0.2, 0) is 0 Å². The van der Waals surface area contributed by atoms with Crippen LogP contribution in [0.3, 0.4) is 0 Å². The molecular weight excluding hydrogens is 104 g/mol. The van der Waals surface area contributed by atoms with Crippen molar-refractivity contribution in [3.63, 3.8) is 0 Å². The highest BCUT2D eigenvalue weighted by Crippen LogP contribution is 2.06. The fraction of sp³-hybridized carbons (Fsp3) is 0. The fourth-order valence-corrected chi connectivity index (χ4v) is 0.518. The van der Waals surface area contributed by atoms with Crippen LogP contribution >= 0.6 is 0 Å². The number of aromatic nitrogens is 1. The van der Waals surface area contributed by atoms with Crippen LogP contribution in [0.25, 0.3) is 0 Å². The molecule has 0 radical (unpaired) electrons. The zero-order valence-corrected chi connectivity index (χ0v) is 4.33. The summed E-state index contributed by atoms with van der Waals surface area (Å²) in [6.07, 6.45) is 1.55. The van der Waals surface area contributed by atoms with Crippen LogP contribution in [0, 0.1) is 0 Å². The average Bonchev–Trinajstić information content (AvgIpc) is 1.85. The largest absolute Gasteiger partial charge is 0.397 e. The van der Waals surface area contributed by atoms with Gasteiger partial charge in [-0.2, -0.15) is 0 Å². The highest BCUT2D eigenvalue weighted by molar-refractivity contribution is 5.48. The van der Waals surface area contributed by atoms with Crippen LogP contribution in [0.1, 0.15) is 0 Å². The Morgan fingerprint density at radius 3 is 2.12 bits per heavy atom. The molecule has 0 bridgehead atoms. The van der Waals surface area contributed by atoms with Gasteiger partial charge in [0.25, 0.3) is 0 Å². The Bertz CT molecular complexity index is 170. The Hall–Kier alpha value is -1.32. The Kier molecular flexibility index (Phi) is 0.802. The van der Waals surface area contributed by atoms with E-state index in [1.807, 2.05) is 0 Å². The number of nitrogens with zero attached hydrogens (tertiary/aromatic N) is 1. The molecule has 0 aliphatic carbocycles. The molecule has 1 heterocycles. The summed E-state index contributed by atoms with van der Waals surface area (Å²) in [5, 5.41) is 0. The highest BCUT2D eigenvalue weighted by atomic mass is 15.3. The third kappa shape index (κ3) is 0.556. The summed E-state index contributed by atoms with van der Waals surface area (Å²) in [5.74, 6) is 5.73. The minimum atomic E-state index is 0.475. The van der Waals surface area contributed by atoms with Crippen molar-refractivity contribution in [2.75, 3.05) is 17.3 Å². The van der Waals surface area contributed by atoms with E-state index in [1.165, 1.54) is 4.68 Å². The van der Waals surface area contributed by atoms with Crippen LogP contribution < -0.4 is 17.3 Å². The van der Waals surface area contributed by atoms with E-state index in [4.69, 9.17) is 17.3 Å². The van der Waals surface area contributed by atoms with Crippen molar-refractivity contribution in [2.45, 2.75) is 0 Å². The van der Waals surface area contributed by atoms with Gasteiger partial charge in [-0.05, 0) is 0 Å². The van der Waals surface area contributed by atoms with Gasteiger partial charge in [-0.25, -0.2) is 0 Å². The van der Waals surface area contributed by atoms with Gasteiger partial charge in [0.15, 0.2) is 0 Å². The molecule has 0 aliphatic heterocycles. The molecule has 1 rings (SSSR count). The van der Waals surface area contributed by atoms with E-state index in [0.29, 0.717) is 11.5 Å². The van der Waals surface area contributed by atoms with E-state index in [0.717, 1.165) is 0 Å². The SMILES string of the molecule is Nc1cc(N)n(N)c1. The number of nitrogens with two attached hydrogens (primary N) is 3. The fourth-order valence-electron chi connectivity index (χ4n) is 0.518. The third-order valence-corrected chi connectivity index (χ3v) is 0.901. The first-order valence-corrected chi connectivity index (χ1v) is 2.18. The van der Waals surface area contributed by atoms with Crippen molar-refractivity contribution in [1.29, 1.82) is 0 Å². The first-order chi connectivity index (χ1) is 3.70. The molecule has 4 nitrogen and oxygen atoms in total. The van der Waals surface area contributed by atoms with Crippen molar-refractivity contribution < 1.29 is 0 Å². The van der Waals surface area contributed by atoms with Gasteiger partial charge in [0.05, 0.1) is 11.9 Å². The van der Waals surface area contributed by atoms with Crippen molar-refractivity contribution in [2.24, 2.45) is 0 Å². The van der Waals surface area contributed by atoms with Gasteiger partial charge < -0.3 is 17.3 Å². The molecule has 1 aromatic heterocycles. The summed E-state index contributed by atoms with van der Waals surface area (Å²) < 4.78 is 1.27. The molecule has 0 unspecified atom stereocenters. The monoisotopic (exact) mass is 112 g/mol. The van der Waals surface area contributed by atoms with Gasteiger partial charge in [-0.15, -0.1) is 0 Å². The maximum Gasteiger partial charge on any atom is 0.124 e. The van der Waals surface area contributed by atoms with Crippen LogP contribution in [0.5, 0.6) is 0 Å². The van der Waals surface area contributed by atoms with Crippen molar-refractivity contribution in [3.8, 4) is 0 Å². The quantitative estimate of drug-likeness (QED) is 0.390. The first kappa shape index (κ1) is 4.83.